The summed E-state index contributed by atoms with van der Waals surface area (Å²) < 4.78 is 0. The topological polar surface area (TPSA) is 38.9 Å². The van der Waals surface area contributed by atoms with E-state index in [0.717, 1.165) is 23.5 Å². The van der Waals surface area contributed by atoms with E-state index in [2.05, 4.69) is 50.4 Å². The number of nitrogens with zero attached hydrogens (tertiary/aromatic N) is 1. The normalized spacial score (nSPS) is 22.5. The molecule has 3 rings (SSSR count). The van der Waals surface area contributed by atoms with Crippen molar-refractivity contribution >= 4 is 11.3 Å². The molecule has 1 aromatic heterocycles. The molecule has 2 N–H and O–H groups in total. The van der Waals surface area contributed by atoms with Crippen LogP contribution >= 0.6 is 11.3 Å². The molecule has 3 heteroatoms. The smallest absolute Gasteiger partial charge is 0.117 e. The minimum atomic E-state index is -0.384. The van der Waals surface area contributed by atoms with Crippen molar-refractivity contribution in [3.63, 3.8) is 0 Å². The first kappa shape index (κ1) is 12.8. The highest BCUT2D eigenvalue weighted by Crippen LogP contribution is 2.41. The van der Waals surface area contributed by atoms with Crippen molar-refractivity contribution in [3.05, 3.63) is 51.5 Å². The van der Waals surface area contributed by atoms with Crippen molar-refractivity contribution in [1.29, 1.82) is 0 Å². The second kappa shape index (κ2) is 4.15. The minimum absolute atomic E-state index is 0.0865. The summed E-state index contributed by atoms with van der Waals surface area (Å²) in [5, 5.41) is 3.22. The molecule has 1 atom stereocenters. The van der Waals surface area contributed by atoms with Crippen LogP contribution in [-0.2, 0) is 17.4 Å². The summed E-state index contributed by atoms with van der Waals surface area (Å²) in [5.41, 5.74) is 10.2. The third-order valence-corrected chi connectivity index (χ3v) is 4.96. The van der Waals surface area contributed by atoms with Gasteiger partial charge in [-0.2, -0.15) is 0 Å². The van der Waals surface area contributed by atoms with Gasteiger partial charge in [0.15, 0.2) is 0 Å². The van der Waals surface area contributed by atoms with E-state index in [-0.39, 0.29) is 11.0 Å². The Morgan fingerprint density at radius 3 is 2.68 bits per heavy atom. The molecular formula is C16H20N2S. The van der Waals surface area contributed by atoms with E-state index in [0.29, 0.717) is 0 Å². The van der Waals surface area contributed by atoms with E-state index >= 15 is 0 Å². The third-order valence-electron chi connectivity index (χ3n) is 3.94. The molecule has 19 heavy (non-hydrogen) atoms. The zero-order valence-corrected chi connectivity index (χ0v) is 12.6. The molecular weight excluding hydrogens is 252 g/mol. The van der Waals surface area contributed by atoms with Gasteiger partial charge < -0.3 is 5.73 Å². The zero-order valence-electron chi connectivity index (χ0n) is 11.7. The molecule has 0 saturated heterocycles. The van der Waals surface area contributed by atoms with Gasteiger partial charge in [-0.05, 0) is 24.0 Å². The van der Waals surface area contributed by atoms with Crippen LogP contribution in [0.25, 0.3) is 0 Å². The van der Waals surface area contributed by atoms with Gasteiger partial charge >= 0.3 is 0 Å². The minimum Gasteiger partial charge on any atom is -0.316 e. The van der Waals surface area contributed by atoms with Gasteiger partial charge in [-0.15, -0.1) is 11.3 Å². The Balaban J connectivity index is 2.06. The molecule has 1 aromatic carbocycles. The molecule has 2 nitrogen and oxygen atoms in total. The van der Waals surface area contributed by atoms with Crippen LogP contribution in [0, 0.1) is 0 Å². The van der Waals surface area contributed by atoms with Crippen molar-refractivity contribution in [2.24, 2.45) is 5.73 Å². The first-order valence-corrected chi connectivity index (χ1v) is 7.63. The molecule has 0 spiro atoms. The number of aryl methyl sites for hydroxylation is 1. The molecule has 1 aliphatic rings. The third kappa shape index (κ3) is 2.01. The Morgan fingerprint density at radius 1 is 1.26 bits per heavy atom. The fraction of sp³-hybridized carbons (Fsp3) is 0.438. The fourth-order valence-corrected chi connectivity index (χ4v) is 3.89. The second-order valence-electron chi connectivity index (χ2n) is 6.42. The lowest BCUT2D eigenvalue weighted by atomic mass is 9.92. The highest BCUT2D eigenvalue weighted by Gasteiger charge is 2.39. The van der Waals surface area contributed by atoms with E-state index in [9.17, 15) is 0 Å². The van der Waals surface area contributed by atoms with Gasteiger partial charge in [0, 0.05) is 10.8 Å². The van der Waals surface area contributed by atoms with Crippen molar-refractivity contribution in [1.82, 2.24) is 4.98 Å². The van der Waals surface area contributed by atoms with Crippen LogP contribution in [0.15, 0.2) is 29.6 Å². The van der Waals surface area contributed by atoms with Gasteiger partial charge in [0.1, 0.15) is 5.01 Å². The summed E-state index contributed by atoms with van der Waals surface area (Å²) >= 11 is 1.70. The fourth-order valence-electron chi connectivity index (χ4n) is 2.69. The first-order valence-electron chi connectivity index (χ1n) is 6.75. The number of rotatable bonds is 1. The molecule has 0 saturated carbocycles. The Morgan fingerprint density at radius 2 is 2.00 bits per heavy atom. The molecule has 1 aliphatic carbocycles. The Labute approximate surface area is 118 Å². The average molecular weight is 272 g/mol. The van der Waals surface area contributed by atoms with E-state index in [1.54, 1.807) is 11.3 Å². The number of benzene rings is 1. The standard InChI is InChI=1S/C16H20N2S/c1-15(2,3)13-10-19-14(18-13)16(17)9-8-11-6-4-5-7-12(11)16/h4-7,10H,8-9,17H2,1-3H3. The van der Waals surface area contributed by atoms with Crippen LogP contribution in [-0.4, -0.2) is 4.98 Å². The van der Waals surface area contributed by atoms with Crippen LogP contribution in [0.1, 0.15) is 49.0 Å². The van der Waals surface area contributed by atoms with Gasteiger partial charge in [-0.3, -0.25) is 0 Å². The summed E-state index contributed by atoms with van der Waals surface area (Å²) in [7, 11) is 0. The highest BCUT2D eigenvalue weighted by molar-refractivity contribution is 7.09. The van der Waals surface area contributed by atoms with E-state index in [4.69, 9.17) is 10.7 Å². The van der Waals surface area contributed by atoms with E-state index < -0.39 is 0 Å². The summed E-state index contributed by atoms with van der Waals surface area (Å²) in [6.45, 7) is 6.58. The number of fused-ring (bicyclic) bond motifs is 1. The van der Waals surface area contributed by atoms with Crippen molar-refractivity contribution in [2.45, 2.75) is 44.6 Å². The predicted octanol–water partition coefficient (Wildman–Crippen LogP) is 3.59. The van der Waals surface area contributed by atoms with Crippen molar-refractivity contribution in [3.8, 4) is 0 Å². The molecule has 0 aliphatic heterocycles. The molecule has 0 amide bonds. The molecule has 100 valence electrons. The van der Waals surface area contributed by atoms with Crippen LogP contribution in [0.2, 0.25) is 0 Å². The van der Waals surface area contributed by atoms with Crippen molar-refractivity contribution < 1.29 is 0 Å². The molecule has 2 aromatic rings. The largest absolute Gasteiger partial charge is 0.316 e. The summed E-state index contributed by atoms with van der Waals surface area (Å²) in [5.74, 6) is 0. The van der Waals surface area contributed by atoms with Crippen LogP contribution < -0.4 is 5.73 Å². The maximum atomic E-state index is 6.70. The summed E-state index contributed by atoms with van der Waals surface area (Å²) in [6.07, 6.45) is 2.01. The predicted molar refractivity (Wildman–Crippen MR) is 80.5 cm³/mol. The van der Waals surface area contributed by atoms with Gasteiger partial charge in [0.25, 0.3) is 0 Å². The quantitative estimate of drug-likeness (QED) is 0.861. The number of nitrogens with two attached hydrogens (primary N) is 1. The number of aromatic nitrogens is 1. The second-order valence-corrected chi connectivity index (χ2v) is 7.27. The molecule has 0 radical (unpaired) electrons. The lowest BCUT2D eigenvalue weighted by molar-refractivity contribution is 0.517. The van der Waals surface area contributed by atoms with Crippen LogP contribution in [0.5, 0.6) is 0 Å². The molecule has 0 fully saturated rings. The lowest BCUT2D eigenvalue weighted by Crippen LogP contribution is -2.35. The first-order chi connectivity index (χ1) is 8.91. The lowest BCUT2D eigenvalue weighted by Gasteiger charge is -2.23. The van der Waals surface area contributed by atoms with Crippen molar-refractivity contribution in [2.75, 3.05) is 0 Å². The average Bonchev–Trinajstić information content (AvgIpc) is 2.96. The number of hydrogen-bond donors (Lipinski definition) is 1. The van der Waals surface area contributed by atoms with Gasteiger partial charge in [-0.1, -0.05) is 45.0 Å². The van der Waals surface area contributed by atoms with Gasteiger partial charge in [-0.25, -0.2) is 4.98 Å². The van der Waals surface area contributed by atoms with E-state index in [1.165, 1.54) is 11.1 Å². The van der Waals surface area contributed by atoms with E-state index in [1.807, 2.05) is 0 Å². The molecule has 0 bridgehead atoms. The summed E-state index contributed by atoms with van der Waals surface area (Å²) in [4.78, 5) is 4.83. The summed E-state index contributed by atoms with van der Waals surface area (Å²) in [6, 6.07) is 8.50. The Hall–Kier alpha value is -1.19. The monoisotopic (exact) mass is 272 g/mol. The zero-order chi connectivity index (χ0) is 13.7. The van der Waals surface area contributed by atoms with Gasteiger partial charge in [0.05, 0.1) is 11.2 Å². The maximum absolute atomic E-state index is 6.70. The highest BCUT2D eigenvalue weighted by atomic mass is 32.1. The van der Waals surface area contributed by atoms with Crippen LogP contribution in [0.3, 0.4) is 0 Å². The maximum Gasteiger partial charge on any atom is 0.117 e. The number of thiazole rings is 1. The van der Waals surface area contributed by atoms with Gasteiger partial charge in [0.2, 0.25) is 0 Å². The number of hydrogen-bond acceptors (Lipinski definition) is 3. The SMILES string of the molecule is CC(C)(C)c1csc(C2(N)CCc3ccccc32)n1. The molecule has 1 unspecified atom stereocenters. The van der Waals surface area contributed by atoms with Crippen LogP contribution in [0.4, 0.5) is 0 Å². The Kier molecular flexibility index (Phi) is 2.80. The molecule has 1 heterocycles. The Bertz CT molecular complexity index is 609.